The van der Waals surface area contributed by atoms with Crippen LogP contribution in [0.15, 0.2) is 58.5 Å². The molecule has 0 radical (unpaired) electrons. The highest BCUT2D eigenvalue weighted by molar-refractivity contribution is 7.99. The van der Waals surface area contributed by atoms with Gasteiger partial charge < -0.3 is 0 Å². The van der Waals surface area contributed by atoms with Gasteiger partial charge in [0.25, 0.3) is 5.56 Å². The SMILES string of the molecule is Cc1ccc(-n2c(=S)sc3c(=O)n(-c4ccccc4)c(SCC#N)nc32)c(C)c1. The molecule has 0 spiro atoms. The van der Waals surface area contributed by atoms with E-state index in [2.05, 4.69) is 12.1 Å². The Labute approximate surface area is 180 Å². The molecule has 0 bridgehead atoms. The van der Waals surface area contributed by atoms with Crippen molar-refractivity contribution in [2.75, 3.05) is 5.75 Å². The van der Waals surface area contributed by atoms with Crippen molar-refractivity contribution in [2.24, 2.45) is 0 Å². The fraction of sp³-hybridized carbons (Fsp3) is 0.143. The Morgan fingerprint density at radius 1 is 1.17 bits per heavy atom. The molecular weight excluding hydrogens is 420 g/mol. The summed E-state index contributed by atoms with van der Waals surface area (Å²) in [4.78, 5) is 18.2. The topological polar surface area (TPSA) is 63.6 Å². The van der Waals surface area contributed by atoms with Gasteiger partial charge in [0.1, 0.15) is 4.70 Å². The molecule has 2 aromatic heterocycles. The van der Waals surface area contributed by atoms with Crippen molar-refractivity contribution < 1.29 is 0 Å². The molecule has 0 aliphatic heterocycles. The van der Waals surface area contributed by atoms with Gasteiger partial charge in [0, 0.05) is 0 Å². The molecule has 0 fully saturated rings. The van der Waals surface area contributed by atoms with Gasteiger partial charge in [-0.15, -0.1) is 0 Å². The van der Waals surface area contributed by atoms with Crippen LogP contribution in [0.4, 0.5) is 0 Å². The quantitative estimate of drug-likeness (QED) is 0.250. The first-order chi connectivity index (χ1) is 14.0. The van der Waals surface area contributed by atoms with Gasteiger partial charge in [0.2, 0.25) is 0 Å². The van der Waals surface area contributed by atoms with Gasteiger partial charge in [-0.2, -0.15) is 5.26 Å². The molecule has 0 amide bonds. The third kappa shape index (κ3) is 3.53. The maximum absolute atomic E-state index is 13.4. The predicted molar refractivity (Wildman–Crippen MR) is 121 cm³/mol. The van der Waals surface area contributed by atoms with Crippen LogP contribution in [-0.4, -0.2) is 19.9 Å². The Morgan fingerprint density at radius 2 is 1.93 bits per heavy atom. The minimum atomic E-state index is -0.179. The number of benzene rings is 2. The van der Waals surface area contributed by atoms with E-state index in [1.54, 1.807) is 4.57 Å². The first-order valence-electron chi connectivity index (χ1n) is 8.82. The number of thiazole rings is 1. The van der Waals surface area contributed by atoms with Crippen LogP contribution in [-0.2, 0) is 0 Å². The maximum Gasteiger partial charge on any atom is 0.278 e. The van der Waals surface area contributed by atoms with Gasteiger partial charge in [0.05, 0.1) is 23.2 Å². The number of hydrogen-bond donors (Lipinski definition) is 0. The summed E-state index contributed by atoms with van der Waals surface area (Å²) in [6.07, 6.45) is 0. The predicted octanol–water partition coefficient (Wildman–Crippen LogP) is 5.20. The van der Waals surface area contributed by atoms with E-state index in [1.165, 1.54) is 23.1 Å². The van der Waals surface area contributed by atoms with E-state index in [9.17, 15) is 4.79 Å². The molecule has 0 saturated carbocycles. The third-order valence-electron chi connectivity index (χ3n) is 4.45. The van der Waals surface area contributed by atoms with Crippen LogP contribution in [0.3, 0.4) is 0 Å². The van der Waals surface area contributed by atoms with Crippen molar-refractivity contribution in [3.05, 3.63) is 74.0 Å². The lowest BCUT2D eigenvalue weighted by atomic mass is 10.1. The molecule has 29 heavy (non-hydrogen) atoms. The van der Waals surface area contributed by atoms with Crippen LogP contribution < -0.4 is 5.56 Å². The highest BCUT2D eigenvalue weighted by atomic mass is 32.2. The summed E-state index contributed by atoms with van der Waals surface area (Å²) in [6.45, 7) is 4.05. The van der Waals surface area contributed by atoms with E-state index >= 15 is 0 Å². The van der Waals surface area contributed by atoms with E-state index < -0.39 is 0 Å². The van der Waals surface area contributed by atoms with Crippen molar-refractivity contribution in [1.29, 1.82) is 5.26 Å². The summed E-state index contributed by atoms with van der Waals surface area (Å²) in [7, 11) is 0. The lowest BCUT2D eigenvalue weighted by Crippen LogP contribution is -2.21. The van der Waals surface area contributed by atoms with Crippen LogP contribution in [0.1, 0.15) is 11.1 Å². The molecule has 0 atom stereocenters. The number of rotatable bonds is 4. The van der Waals surface area contributed by atoms with E-state index in [0.717, 1.165) is 16.8 Å². The second kappa shape index (κ2) is 7.95. The van der Waals surface area contributed by atoms with Gasteiger partial charge >= 0.3 is 0 Å². The largest absolute Gasteiger partial charge is 0.278 e. The number of thioether (sulfide) groups is 1. The van der Waals surface area contributed by atoms with Gasteiger partial charge in [0.15, 0.2) is 14.8 Å². The molecule has 0 saturated heterocycles. The van der Waals surface area contributed by atoms with Crippen LogP contribution in [0.2, 0.25) is 0 Å². The number of aryl methyl sites for hydroxylation is 2. The molecule has 2 aromatic carbocycles. The maximum atomic E-state index is 13.4. The Hall–Kier alpha value is -2.73. The standard InChI is InChI=1S/C21H16N4OS3/c1-13-8-9-16(14(2)12-13)25-18-17(29-21(25)27)19(26)24(15-6-4-3-5-7-15)20(23-18)28-11-10-22/h3-9,12H,11H2,1-2H3. The fourth-order valence-corrected chi connectivity index (χ4v) is 5.16. The zero-order valence-electron chi connectivity index (χ0n) is 15.7. The first-order valence-corrected chi connectivity index (χ1v) is 11.0. The minimum Gasteiger partial charge on any atom is -0.275 e. The zero-order chi connectivity index (χ0) is 20.5. The number of nitrogens with zero attached hydrogens (tertiary/aromatic N) is 4. The Kier molecular flexibility index (Phi) is 5.37. The summed E-state index contributed by atoms with van der Waals surface area (Å²) in [5.74, 6) is 0.194. The molecule has 2 heterocycles. The number of para-hydroxylation sites is 1. The molecule has 0 aliphatic carbocycles. The minimum absolute atomic E-state index is 0.179. The third-order valence-corrected chi connectivity index (χ3v) is 6.61. The second-order valence-corrected chi connectivity index (χ2v) is 9.05. The van der Waals surface area contributed by atoms with Crippen molar-refractivity contribution in [3.8, 4) is 17.4 Å². The number of nitriles is 1. The highest BCUT2D eigenvalue weighted by Crippen LogP contribution is 2.28. The summed E-state index contributed by atoms with van der Waals surface area (Å²) in [5, 5.41) is 9.54. The van der Waals surface area contributed by atoms with E-state index in [-0.39, 0.29) is 11.3 Å². The fourth-order valence-electron chi connectivity index (χ4n) is 3.20. The van der Waals surface area contributed by atoms with E-state index in [1.807, 2.05) is 60.9 Å². The van der Waals surface area contributed by atoms with Crippen LogP contribution >= 0.6 is 35.3 Å². The van der Waals surface area contributed by atoms with Gasteiger partial charge in [-0.05, 0) is 49.8 Å². The molecule has 0 aliphatic rings. The molecule has 0 unspecified atom stereocenters. The molecule has 144 valence electrons. The van der Waals surface area contributed by atoms with E-state index in [0.29, 0.717) is 25.1 Å². The van der Waals surface area contributed by atoms with Gasteiger partial charge in [-0.3, -0.25) is 13.9 Å². The molecule has 5 nitrogen and oxygen atoms in total. The first kappa shape index (κ1) is 19.6. The lowest BCUT2D eigenvalue weighted by Gasteiger charge is -2.13. The summed E-state index contributed by atoms with van der Waals surface area (Å²) in [6, 6.07) is 17.5. The molecule has 8 heteroatoms. The highest BCUT2D eigenvalue weighted by Gasteiger charge is 2.19. The molecule has 0 N–H and O–H groups in total. The Morgan fingerprint density at radius 3 is 2.62 bits per heavy atom. The summed E-state index contributed by atoms with van der Waals surface area (Å²) in [5.41, 5.74) is 4.19. The second-order valence-electron chi connectivity index (χ2n) is 6.46. The summed E-state index contributed by atoms with van der Waals surface area (Å²) < 4.78 is 4.48. The summed E-state index contributed by atoms with van der Waals surface area (Å²) >= 11 is 8.11. The molecule has 4 rings (SSSR count). The average molecular weight is 437 g/mol. The molecule has 4 aromatic rings. The average Bonchev–Trinajstić information content (AvgIpc) is 3.03. The van der Waals surface area contributed by atoms with Crippen LogP contribution in [0.5, 0.6) is 0 Å². The van der Waals surface area contributed by atoms with Crippen LogP contribution in [0.25, 0.3) is 21.7 Å². The van der Waals surface area contributed by atoms with E-state index in [4.69, 9.17) is 22.5 Å². The lowest BCUT2D eigenvalue weighted by molar-refractivity contribution is 0.812. The van der Waals surface area contributed by atoms with Crippen molar-refractivity contribution in [3.63, 3.8) is 0 Å². The zero-order valence-corrected chi connectivity index (χ0v) is 18.2. The van der Waals surface area contributed by atoms with Gasteiger partial charge in [-0.25, -0.2) is 4.98 Å². The van der Waals surface area contributed by atoms with Crippen molar-refractivity contribution in [2.45, 2.75) is 19.0 Å². The van der Waals surface area contributed by atoms with Crippen LogP contribution in [0, 0.1) is 29.1 Å². The normalized spacial score (nSPS) is 10.9. The Bertz CT molecular complexity index is 1380. The molecular formula is C21H16N4OS3. The number of hydrogen-bond acceptors (Lipinski definition) is 6. The van der Waals surface area contributed by atoms with Gasteiger partial charge in [-0.1, -0.05) is 59.0 Å². The smallest absolute Gasteiger partial charge is 0.275 e. The van der Waals surface area contributed by atoms with Crippen molar-refractivity contribution in [1.82, 2.24) is 14.1 Å². The monoisotopic (exact) mass is 436 g/mol. The number of aromatic nitrogens is 3. The number of fused-ring (bicyclic) bond motifs is 1. The van der Waals surface area contributed by atoms with Crippen molar-refractivity contribution >= 4 is 45.7 Å². The Balaban J connectivity index is 2.07.